The second kappa shape index (κ2) is 7.22. The molecular formula is C11H19NO4. The van der Waals surface area contributed by atoms with Crippen LogP contribution >= 0.6 is 0 Å². The lowest BCUT2D eigenvalue weighted by Gasteiger charge is -2.21. The van der Waals surface area contributed by atoms with Crippen LogP contribution < -0.4 is 5.32 Å². The third-order valence-corrected chi connectivity index (χ3v) is 2.58. The van der Waals surface area contributed by atoms with E-state index in [4.69, 9.17) is 9.84 Å². The molecule has 1 aliphatic heterocycles. The Balaban J connectivity index is 2.03. The SMILES string of the molecule is O=C(O)CCCNC(=O)CC1CCCCO1. The zero-order chi connectivity index (χ0) is 11.8. The number of rotatable bonds is 6. The average Bonchev–Trinajstić information content (AvgIpc) is 2.25. The molecular weight excluding hydrogens is 210 g/mol. The van der Waals surface area contributed by atoms with Gasteiger partial charge in [-0.3, -0.25) is 9.59 Å². The lowest BCUT2D eigenvalue weighted by Crippen LogP contribution is -2.31. The van der Waals surface area contributed by atoms with Gasteiger partial charge in [0.2, 0.25) is 5.91 Å². The maximum Gasteiger partial charge on any atom is 0.303 e. The van der Waals surface area contributed by atoms with E-state index in [1.165, 1.54) is 0 Å². The normalized spacial score (nSPS) is 20.4. The Kier molecular flexibility index (Phi) is 5.85. The fourth-order valence-corrected chi connectivity index (χ4v) is 1.71. The number of ether oxygens (including phenoxy) is 1. The highest BCUT2D eigenvalue weighted by atomic mass is 16.5. The van der Waals surface area contributed by atoms with Gasteiger partial charge in [0.05, 0.1) is 12.5 Å². The van der Waals surface area contributed by atoms with Gasteiger partial charge in [0.15, 0.2) is 0 Å². The number of nitrogens with one attached hydrogen (secondary N) is 1. The van der Waals surface area contributed by atoms with Crippen LogP contribution in [0.1, 0.15) is 38.5 Å². The van der Waals surface area contributed by atoms with Crippen molar-refractivity contribution in [2.75, 3.05) is 13.2 Å². The van der Waals surface area contributed by atoms with Gasteiger partial charge < -0.3 is 15.2 Å². The van der Waals surface area contributed by atoms with E-state index in [0.717, 1.165) is 25.9 Å². The van der Waals surface area contributed by atoms with Gasteiger partial charge in [-0.05, 0) is 25.7 Å². The van der Waals surface area contributed by atoms with Crippen molar-refractivity contribution in [3.63, 3.8) is 0 Å². The van der Waals surface area contributed by atoms with Crippen molar-refractivity contribution in [3.05, 3.63) is 0 Å². The lowest BCUT2D eigenvalue weighted by atomic mass is 10.1. The predicted molar refractivity (Wildman–Crippen MR) is 58.1 cm³/mol. The molecule has 1 rings (SSSR count). The summed E-state index contributed by atoms with van der Waals surface area (Å²) in [5, 5.41) is 11.1. The Morgan fingerprint density at radius 1 is 1.38 bits per heavy atom. The van der Waals surface area contributed by atoms with Crippen LogP contribution in [-0.4, -0.2) is 36.2 Å². The van der Waals surface area contributed by atoms with E-state index in [1.54, 1.807) is 0 Å². The van der Waals surface area contributed by atoms with Gasteiger partial charge in [0.25, 0.3) is 0 Å². The topological polar surface area (TPSA) is 75.6 Å². The standard InChI is InChI=1S/C11H19NO4/c13-10(12-6-3-5-11(14)15)8-9-4-1-2-7-16-9/h9H,1-8H2,(H,12,13)(H,14,15). The second-order valence-electron chi connectivity index (χ2n) is 4.04. The Labute approximate surface area is 95.2 Å². The summed E-state index contributed by atoms with van der Waals surface area (Å²) in [6.07, 6.45) is 4.17. The molecule has 0 radical (unpaired) electrons. The quantitative estimate of drug-likeness (QED) is 0.664. The lowest BCUT2D eigenvalue weighted by molar-refractivity contribution is -0.137. The molecule has 0 bridgehead atoms. The highest BCUT2D eigenvalue weighted by Gasteiger charge is 2.17. The van der Waals surface area contributed by atoms with Crippen LogP contribution in [0.3, 0.4) is 0 Å². The van der Waals surface area contributed by atoms with E-state index in [2.05, 4.69) is 5.32 Å². The van der Waals surface area contributed by atoms with Gasteiger partial charge >= 0.3 is 5.97 Å². The van der Waals surface area contributed by atoms with Crippen LogP contribution in [-0.2, 0) is 14.3 Å². The van der Waals surface area contributed by atoms with Gasteiger partial charge in [-0.1, -0.05) is 0 Å². The average molecular weight is 229 g/mol. The smallest absolute Gasteiger partial charge is 0.303 e. The van der Waals surface area contributed by atoms with Gasteiger partial charge in [-0.25, -0.2) is 0 Å². The van der Waals surface area contributed by atoms with Crippen LogP contribution in [0.4, 0.5) is 0 Å². The summed E-state index contributed by atoms with van der Waals surface area (Å²) in [7, 11) is 0. The van der Waals surface area contributed by atoms with Crippen LogP contribution in [0.5, 0.6) is 0 Å². The molecule has 0 aromatic heterocycles. The van der Waals surface area contributed by atoms with Crippen LogP contribution in [0.25, 0.3) is 0 Å². The van der Waals surface area contributed by atoms with E-state index in [-0.39, 0.29) is 18.4 Å². The minimum atomic E-state index is -0.829. The molecule has 0 aromatic carbocycles. The molecule has 0 aromatic rings. The van der Waals surface area contributed by atoms with Gasteiger partial charge in [-0.15, -0.1) is 0 Å². The monoisotopic (exact) mass is 229 g/mol. The molecule has 1 aliphatic rings. The van der Waals surface area contributed by atoms with Crippen molar-refractivity contribution in [2.24, 2.45) is 0 Å². The Bertz CT molecular complexity index is 236. The molecule has 0 saturated carbocycles. The van der Waals surface area contributed by atoms with E-state index in [9.17, 15) is 9.59 Å². The third-order valence-electron chi connectivity index (χ3n) is 2.58. The number of aliphatic carboxylic acids is 1. The summed E-state index contributed by atoms with van der Waals surface area (Å²) in [6, 6.07) is 0. The Morgan fingerprint density at radius 3 is 2.81 bits per heavy atom. The van der Waals surface area contributed by atoms with Crippen molar-refractivity contribution >= 4 is 11.9 Å². The fraction of sp³-hybridized carbons (Fsp3) is 0.818. The molecule has 1 saturated heterocycles. The number of hydrogen-bond donors (Lipinski definition) is 2. The van der Waals surface area contributed by atoms with Gasteiger partial charge in [0, 0.05) is 19.6 Å². The third kappa shape index (κ3) is 5.70. The summed E-state index contributed by atoms with van der Waals surface area (Å²) in [6.45, 7) is 1.18. The first-order chi connectivity index (χ1) is 7.68. The highest BCUT2D eigenvalue weighted by Crippen LogP contribution is 2.15. The molecule has 5 nitrogen and oxygen atoms in total. The van der Waals surface area contributed by atoms with Crippen molar-refractivity contribution in [1.29, 1.82) is 0 Å². The summed E-state index contributed by atoms with van der Waals surface area (Å²) >= 11 is 0. The van der Waals surface area contributed by atoms with Crippen LogP contribution in [0.2, 0.25) is 0 Å². The Morgan fingerprint density at radius 2 is 2.19 bits per heavy atom. The molecule has 92 valence electrons. The number of carbonyl (C=O) groups excluding carboxylic acids is 1. The first kappa shape index (κ1) is 13.0. The van der Waals surface area contributed by atoms with Crippen molar-refractivity contribution in [3.8, 4) is 0 Å². The van der Waals surface area contributed by atoms with E-state index < -0.39 is 5.97 Å². The van der Waals surface area contributed by atoms with Gasteiger partial charge in [0.1, 0.15) is 0 Å². The fourth-order valence-electron chi connectivity index (χ4n) is 1.71. The molecule has 1 heterocycles. The highest BCUT2D eigenvalue weighted by molar-refractivity contribution is 5.76. The molecule has 0 spiro atoms. The molecule has 1 atom stereocenters. The van der Waals surface area contributed by atoms with E-state index in [0.29, 0.717) is 19.4 Å². The van der Waals surface area contributed by atoms with E-state index >= 15 is 0 Å². The molecule has 16 heavy (non-hydrogen) atoms. The molecule has 5 heteroatoms. The van der Waals surface area contributed by atoms with Crippen molar-refractivity contribution in [1.82, 2.24) is 5.32 Å². The number of carboxylic acid groups (broad SMARTS) is 1. The van der Waals surface area contributed by atoms with Crippen LogP contribution in [0, 0.1) is 0 Å². The minimum Gasteiger partial charge on any atom is -0.481 e. The maximum absolute atomic E-state index is 11.4. The zero-order valence-corrected chi connectivity index (χ0v) is 9.41. The second-order valence-corrected chi connectivity index (χ2v) is 4.04. The molecule has 1 amide bonds. The maximum atomic E-state index is 11.4. The summed E-state index contributed by atoms with van der Waals surface area (Å²) in [5.74, 6) is -0.873. The largest absolute Gasteiger partial charge is 0.481 e. The number of carboxylic acids is 1. The van der Waals surface area contributed by atoms with Crippen LogP contribution in [0.15, 0.2) is 0 Å². The number of hydrogen-bond acceptors (Lipinski definition) is 3. The first-order valence-corrected chi connectivity index (χ1v) is 5.78. The molecule has 0 aliphatic carbocycles. The van der Waals surface area contributed by atoms with Gasteiger partial charge in [-0.2, -0.15) is 0 Å². The number of carbonyl (C=O) groups is 2. The molecule has 1 fully saturated rings. The molecule has 1 unspecified atom stereocenters. The summed E-state index contributed by atoms with van der Waals surface area (Å²) in [5.41, 5.74) is 0. The predicted octanol–water partition coefficient (Wildman–Crippen LogP) is 0.927. The number of amides is 1. The van der Waals surface area contributed by atoms with Crippen molar-refractivity contribution in [2.45, 2.75) is 44.6 Å². The molecule has 2 N–H and O–H groups in total. The zero-order valence-electron chi connectivity index (χ0n) is 9.41. The van der Waals surface area contributed by atoms with E-state index in [1.807, 2.05) is 0 Å². The van der Waals surface area contributed by atoms with Crippen molar-refractivity contribution < 1.29 is 19.4 Å². The minimum absolute atomic E-state index is 0.0442. The summed E-state index contributed by atoms with van der Waals surface area (Å²) < 4.78 is 5.44. The Hall–Kier alpha value is -1.10. The first-order valence-electron chi connectivity index (χ1n) is 5.78. The summed E-state index contributed by atoms with van der Waals surface area (Å²) in [4.78, 5) is 21.6.